The van der Waals surface area contributed by atoms with E-state index < -0.39 is 0 Å². The third kappa shape index (κ3) is 3.14. The number of nitrogens with two attached hydrogens (primary N) is 1. The van der Waals surface area contributed by atoms with Crippen LogP contribution in [0.3, 0.4) is 0 Å². The minimum atomic E-state index is 0.167. The van der Waals surface area contributed by atoms with Crippen molar-refractivity contribution < 1.29 is 4.79 Å². The summed E-state index contributed by atoms with van der Waals surface area (Å²) in [6, 6.07) is 0.390. The number of amides is 1. The van der Waals surface area contributed by atoms with Crippen LogP contribution in [0, 0.1) is 5.92 Å². The van der Waals surface area contributed by atoms with Crippen LogP contribution in [0.2, 0.25) is 0 Å². The monoisotopic (exact) mass is 242 g/mol. The summed E-state index contributed by atoms with van der Waals surface area (Å²) in [6.45, 7) is 0. The fourth-order valence-electron chi connectivity index (χ4n) is 2.56. The molecular formula is C12H22N2OS. The first-order valence-electron chi connectivity index (χ1n) is 6.41. The van der Waals surface area contributed by atoms with Gasteiger partial charge in [-0.2, -0.15) is 11.8 Å². The predicted molar refractivity (Wildman–Crippen MR) is 68.4 cm³/mol. The quantitative estimate of drug-likeness (QED) is 0.722. The van der Waals surface area contributed by atoms with Crippen molar-refractivity contribution in [1.29, 1.82) is 0 Å². The molecule has 4 heteroatoms. The van der Waals surface area contributed by atoms with Gasteiger partial charge < -0.3 is 11.1 Å². The molecule has 92 valence electrons. The maximum atomic E-state index is 12.0. The molecule has 2 aliphatic rings. The zero-order valence-electron chi connectivity index (χ0n) is 9.78. The molecule has 1 aliphatic heterocycles. The highest BCUT2D eigenvalue weighted by molar-refractivity contribution is 7.99. The van der Waals surface area contributed by atoms with E-state index in [1.54, 1.807) is 0 Å². The van der Waals surface area contributed by atoms with Crippen LogP contribution in [0.4, 0.5) is 0 Å². The Bertz CT molecular complexity index is 241. The van der Waals surface area contributed by atoms with Crippen molar-refractivity contribution in [3.63, 3.8) is 0 Å². The number of nitrogens with one attached hydrogen (secondary N) is 1. The fourth-order valence-corrected chi connectivity index (χ4v) is 3.78. The van der Waals surface area contributed by atoms with E-state index >= 15 is 0 Å². The molecule has 0 radical (unpaired) electrons. The summed E-state index contributed by atoms with van der Waals surface area (Å²) in [7, 11) is 0. The average molecular weight is 242 g/mol. The maximum absolute atomic E-state index is 12.0. The van der Waals surface area contributed by atoms with Crippen LogP contribution in [0.1, 0.15) is 38.5 Å². The number of hydrogen-bond donors (Lipinski definition) is 2. The molecule has 0 bridgehead atoms. The molecular weight excluding hydrogens is 220 g/mol. The first kappa shape index (κ1) is 12.2. The first-order chi connectivity index (χ1) is 7.77. The van der Waals surface area contributed by atoms with Crippen LogP contribution in [0.25, 0.3) is 0 Å². The molecule has 0 aromatic carbocycles. The van der Waals surface area contributed by atoms with E-state index in [4.69, 9.17) is 5.73 Å². The lowest BCUT2D eigenvalue weighted by Crippen LogP contribution is -2.48. The first-order valence-corrected chi connectivity index (χ1v) is 7.56. The van der Waals surface area contributed by atoms with Gasteiger partial charge in [-0.25, -0.2) is 0 Å². The lowest BCUT2D eigenvalue weighted by atomic mass is 10.0. The summed E-state index contributed by atoms with van der Waals surface area (Å²) in [6.07, 6.45) is 6.85. The zero-order chi connectivity index (χ0) is 11.4. The summed E-state index contributed by atoms with van der Waals surface area (Å²) in [5.41, 5.74) is 6.11. The number of carbonyl (C=O) groups is 1. The second-order valence-electron chi connectivity index (χ2n) is 4.98. The van der Waals surface area contributed by atoms with Gasteiger partial charge in [-0.1, -0.05) is 19.3 Å². The predicted octanol–water partition coefficient (Wildman–Crippen LogP) is 1.52. The van der Waals surface area contributed by atoms with E-state index in [0.29, 0.717) is 0 Å². The van der Waals surface area contributed by atoms with Crippen molar-refractivity contribution in [3.05, 3.63) is 0 Å². The molecule has 3 nitrogen and oxygen atoms in total. The molecule has 3 N–H and O–H groups in total. The largest absolute Gasteiger partial charge is 0.352 e. The van der Waals surface area contributed by atoms with Gasteiger partial charge in [0, 0.05) is 23.8 Å². The summed E-state index contributed by atoms with van der Waals surface area (Å²) in [5, 5.41) is 3.17. The van der Waals surface area contributed by atoms with Gasteiger partial charge in [-0.15, -0.1) is 0 Å². The minimum absolute atomic E-state index is 0.167. The molecule has 1 aliphatic carbocycles. The lowest BCUT2D eigenvalue weighted by molar-refractivity contribution is -0.125. The van der Waals surface area contributed by atoms with Gasteiger partial charge in [0.05, 0.1) is 0 Å². The van der Waals surface area contributed by atoms with Crippen LogP contribution in [0.5, 0.6) is 0 Å². The van der Waals surface area contributed by atoms with Gasteiger partial charge in [0.1, 0.15) is 0 Å². The van der Waals surface area contributed by atoms with Gasteiger partial charge in [0.15, 0.2) is 0 Å². The lowest BCUT2D eigenvalue weighted by Gasteiger charge is -2.24. The third-order valence-corrected chi connectivity index (χ3v) is 4.86. The number of thioether (sulfide) groups is 1. The fraction of sp³-hybridized carbons (Fsp3) is 0.917. The molecule has 16 heavy (non-hydrogen) atoms. The second-order valence-corrected chi connectivity index (χ2v) is 6.13. The Balaban J connectivity index is 1.84. The Morgan fingerprint density at radius 2 is 2.00 bits per heavy atom. The number of rotatable bonds is 2. The summed E-state index contributed by atoms with van der Waals surface area (Å²) < 4.78 is 0. The molecule has 1 amide bonds. The van der Waals surface area contributed by atoms with Gasteiger partial charge >= 0.3 is 0 Å². The van der Waals surface area contributed by atoms with Gasteiger partial charge in [-0.3, -0.25) is 4.79 Å². The van der Waals surface area contributed by atoms with Gasteiger partial charge in [0.25, 0.3) is 0 Å². The minimum Gasteiger partial charge on any atom is -0.352 e. The Morgan fingerprint density at radius 3 is 2.75 bits per heavy atom. The number of carbonyl (C=O) groups excluding carboxylic acids is 1. The second kappa shape index (κ2) is 5.92. The molecule has 1 heterocycles. The van der Waals surface area contributed by atoms with Crippen molar-refractivity contribution in [1.82, 2.24) is 5.32 Å². The summed E-state index contributed by atoms with van der Waals surface area (Å²) in [5.74, 6) is 2.61. The van der Waals surface area contributed by atoms with Gasteiger partial charge in [0.2, 0.25) is 5.91 Å². The van der Waals surface area contributed by atoms with Crippen LogP contribution < -0.4 is 11.1 Å². The van der Waals surface area contributed by atoms with E-state index in [1.165, 1.54) is 19.3 Å². The number of hydrogen-bond acceptors (Lipinski definition) is 3. The molecule has 0 aromatic heterocycles. The Morgan fingerprint density at radius 1 is 1.19 bits per heavy atom. The van der Waals surface area contributed by atoms with Crippen LogP contribution >= 0.6 is 11.8 Å². The molecule has 3 atom stereocenters. The summed E-state index contributed by atoms with van der Waals surface area (Å²) >= 11 is 1.89. The van der Waals surface area contributed by atoms with E-state index in [1.807, 2.05) is 11.8 Å². The smallest absolute Gasteiger partial charge is 0.224 e. The standard InChI is InChI=1S/C12H22N2OS/c13-10-4-2-1-3-5-11(10)14-12(15)9-6-7-16-8-9/h9-11H,1-8,13H2,(H,14,15). The Labute approximate surface area is 102 Å². The van der Waals surface area contributed by atoms with Crippen molar-refractivity contribution >= 4 is 17.7 Å². The average Bonchev–Trinajstić information content (AvgIpc) is 2.73. The molecule has 0 aromatic rings. The van der Waals surface area contributed by atoms with E-state index in [9.17, 15) is 4.79 Å². The molecule has 2 rings (SSSR count). The van der Waals surface area contributed by atoms with Crippen molar-refractivity contribution in [2.75, 3.05) is 11.5 Å². The van der Waals surface area contributed by atoms with Gasteiger partial charge in [-0.05, 0) is 25.0 Å². The maximum Gasteiger partial charge on any atom is 0.224 e. The SMILES string of the molecule is NC1CCCCCC1NC(=O)C1CCSC1. The Hall–Kier alpha value is -0.220. The van der Waals surface area contributed by atoms with E-state index in [-0.39, 0.29) is 23.9 Å². The molecule has 0 spiro atoms. The van der Waals surface area contributed by atoms with Crippen molar-refractivity contribution in [3.8, 4) is 0 Å². The molecule has 2 fully saturated rings. The molecule has 1 saturated heterocycles. The highest BCUT2D eigenvalue weighted by atomic mass is 32.2. The highest BCUT2D eigenvalue weighted by Gasteiger charge is 2.27. The van der Waals surface area contributed by atoms with Crippen molar-refractivity contribution in [2.24, 2.45) is 11.7 Å². The van der Waals surface area contributed by atoms with Crippen LogP contribution in [-0.4, -0.2) is 29.5 Å². The molecule has 3 unspecified atom stereocenters. The zero-order valence-corrected chi connectivity index (χ0v) is 10.6. The topological polar surface area (TPSA) is 55.1 Å². The van der Waals surface area contributed by atoms with E-state index in [2.05, 4.69) is 5.32 Å². The highest BCUT2D eigenvalue weighted by Crippen LogP contribution is 2.24. The third-order valence-electron chi connectivity index (χ3n) is 3.70. The Kier molecular flexibility index (Phi) is 4.53. The van der Waals surface area contributed by atoms with E-state index in [0.717, 1.165) is 30.8 Å². The molecule has 1 saturated carbocycles. The summed E-state index contributed by atoms with van der Waals surface area (Å²) in [4.78, 5) is 12.0. The van der Waals surface area contributed by atoms with Crippen LogP contribution in [0.15, 0.2) is 0 Å². The van der Waals surface area contributed by atoms with Crippen molar-refractivity contribution in [2.45, 2.75) is 50.6 Å². The van der Waals surface area contributed by atoms with Crippen LogP contribution in [-0.2, 0) is 4.79 Å². The normalized spacial score (nSPS) is 35.7.